The molecule has 0 spiro atoms. The summed E-state index contributed by atoms with van der Waals surface area (Å²) in [5.74, 6) is -0.885. The molecule has 1 heterocycles. The zero-order valence-corrected chi connectivity index (χ0v) is 20.6. The van der Waals surface area contributed by atoms with Crippen molar-refractivity contribution in [1.82, 2.24) is 0 Å². The Morgan fingerprint density at radius 1 is 0.971 bits per heavy atom. The Bertz CT molecular complexity index is 1280. The van der Waals surface area contributed by atoms with Crippen LogP contribution in [0.5, 0.6) is 5.75 Å². The second kappa shape index (κ2) is 9.66. The minimum Gasteiger partial charge on any atom is -0.507 e. The molecule has 1 aliphatic rings. The summed E-state index contributed by atoms with van der Waals surface area (Å²) in [6.45, 7) is 5.77. The maximum Gasteiger partial charge on any atom is 0.300 e. The fourth-order valence-electron chi connectivity index (χ4n) is 4.30. The summed E-state index contributed by atoms with van der Waals surface area (Å²) in [4.78, 5) is 30.0. The Morgan fingerprint density at radius 2 is 1.63 bits per heavy atom. The van der Waals surface area contributed by atoms with E-state index < -0.39 is 17.7 Å². The van der Waals surface area contributed by atoms with Gasteiger partial charge in [-0.2, -0.15) is 0 Å². The van der Waals surface area contributed by atoms with Gasteiger partial charge in [0.15, 0.2) is 0 Å². The molecule has 6 heteroatoms. The topological polar surface area (TPSA) is 70.1 Å². The van der Waals surface area contributed by atoms with Crippen molar-refractivity contribution >= 4 is 28.8 Å². The molecule has 180 valence electrons. The lowest BCUT2D eigenvalue weighted by Crippen LogP contribution is -2.29. The molecule has 3 aromatic carbocycles. The van der Waals surface area contributed by atoms with Crippen LogP contribution >= 0.6 is 0 Å². The maximum atomic E-state index is 13.3. The highest BCUT2D eigenvalue weighted by Crippen LogP contribution is 2.42. The number of anilines is 2. The van der Waals surface area contributed by atoms with Crippen LogP contribution in [0.4, 0.5) is 11.4 Å². The first-order chi connectivity index (χ1) is 16.7. The van der Waals surface area contributed by atoms with Gasteiger partial charge in [-0.25, -0.2) is 0 Å². The highest BCUT2D eigenvalue weighted by atomic mass is 16.5. The Balaban J connectivity index is 1.88. The number of aliphatic hydroxyl groups is 1. The van der Waals surface area contributed by atoms with Crippen LogP contribution in [-0.2, 0) is 9.59 Å². The van der Waals surface area contributed by atoms with Crippen molar-refractivity contribution in [3.05, 3.63) is 95.1 Å². The molecule has 1 atom stereocenters. The van der Waals surface area contributed by atoms with Crippen LogP contribution in [0.25, 0.3) is 5.76 Å². The molecule has 1 saturated heterocycles. The van der Waals surface area contributed by atoms with Gasteiger partial charge in [0.1, 0.15) is 11.5 Å². The van der Waals surface area contributed by atoms with Gasteiger partial charge in [-0.3, -0.25) is 14.5 Å². The second-order valence-electron chi connectivity index (χ2n) is 9.14. The summed E-state index contributed by atoms with van der Waals surface area (Å²) in [5, 5.41) is 11.4. The third-order valence-electron chi connectivity index (χ3n) is 6.02. The van der Waals surface area contributed by atoms with Crippen molar-refractivity contribution in [2.75, 3.05) is 23.9 Å². The number of hydrogen-bond donors (Lipinski definition) is 1. The SMILES string of the molecule is Cc1cc(/C(O)=C2/C(=O)C(=O)N(c3ccccc3)C2c2ccc(N(C)C)cc2)ccc1OC(C)C. The number of benzene rings is 3. The lowest BCUT2D eigenvalue weighted by Gasteiger charge is -2.26. The molecule has 3 aromatic rings. The molecule has 6 nitrogen and oxygen atoms in total. The van der Waals surface area contributed by atoms with Gasteiger partial charge >= 0.3 is 0 Å². The fraction of sp³-hybridized carbons (Fsp3) is 0.241. The van der Waals surface area contributed by atoms with Crippen molar-refractivity contribution in [1.29, 1.82) is 0 Å². The molecule has 1 amide bonds. The van der Waals surface area contributed by atoms with Crippen LogP contribution < -0.4 is 14.5 Å². The van der Waals surface area contributed by atoms with Gasteiger partial charge in [-0.15, -0.1) is 0 Å². The van der Waals surface area contributed by atoms with Gasteiger partial charge in [0, 0.05) is 31.0 Å². The smallest absolute Gasteiger partial charge is 0.300 e. The summed E-state index contributed by atoms with van der Waals surface area (Å²) in [7, 11) is 3.89. The summed E-state index contributed by atoms with van der Waals surface area (Å²) < 4.78 is 5.81. The van der Waals surface area contributed by atoms with Crippen molar-refractivity contribution in [2.24, 2.45) is 0 Å². The number of carbonyl (C=O) groups is 2. The molecule has 0 aromatic heterocycles. The number of Topliss-reactive ketones (excluding diaryl/α,β-unsaturated/α-hetero) is 1. The Labute approximate surface area is 206 Å². The van der Waals surface area contributed by atoms with Gasteiger partial charge in [-0.1, -0.05) is 30.3 Å². The van der Waals surface area contributed by atoms with Gasteiger partial charge < -0.3 is 14.7 Å². The van der Waals surface area contributed by atoms with E-state index >= 15 is 0 Å². The van der Waals surface area contributed by atoms with Crippen molar-refractivity contribution in [3.63, 3.8) is 0 Å². The molecule has 0 bridgehead atoms. The van der Waals surface area contributed by atoms with Crippen LogP contribution in [0.2, 0.25) is 0 Å². The van der Waals surface area contributed by atoms with Crippen molar-refractivity contribution < 1.29 is 19.4 Å². The van der Waals surface area contributed by atoms with Crippen molar-refractivity contribution in [3.8, 4) is 5.75 Å². The third-order valence-corrected chi connectivity index (χ3v) is 6.02. The fourth-order valence-corrected chi connectivity index (χ4v) is 4.30. The predicted octanol–water partition coefficient (Wildman–Crippen LogP) is 5.47. The van der Waals surface area contributed by atoms with Crippen LogP contribution in [0.1, 0.15) is 36.6 Å². The number of rotatable bonds is 6. The number of ketones is 1. The van der Waals surface area contributed by atoms with Crippen LogP contribution in [0, 0.1) is 6.92 Å². The summed E-state index contributed by atoms with van der Waals surface area (Å²) in [6.07, 6.45) is 0.00878. The van der Waals surface area contributed by atoms with E-state index in [4.69, 9.17) is 4.74 Å². The number of aryl methyl sites for hydroxylation is 1. The number of amides is 1. The predicted molar refractivity (Wildman–Crippen MR) is 139 cm³/mol. The highest BCUT2D eigenvalue weighted by molar-refractivity contribution is 6.51. The van der Waals surface area contributed by atoms with E-state index in [2.05, 4.69) is 0 Å². The number of aliphatic hydroxyl groups excluding tert-OH is 1. The largest absolute Gasteiger partial charge is 0.507 e. The molecular formula is C29H30N2O4. The van der Waals surface area contributed by atoms with Gasteiger partial charge in [-0.05, 0) is 74.4 Å². The standard InChI is InChI=1S/C29H30N2O4/c1-18(2)35-24-16-13-21(17-19(24)3)27(32)25-26(20-11-14-22(15-12-20)30(4)5)31(29(34)28(25)33)23-9-7-6-8-10-23/h6-18,26,32H,1-5H3/b27-25-. The molecule has 0 aliphatic carbocycles. The molecule has 0 saturated carbocycles. The van der Waals surface area contributed by atoms with Crippen molar-refractivity contribution in [2.45, 2.75) is 32.9 Å². The van der Waals surface area contributed by atoms with Crippen LogP contribution in [0.15, 0.2) is 78.4 Å². The summed E-state index contributed by atoms with van der Waals surface area (Å²) in [5.41, 5.74) is 3.66. The Morgan fingerprint density at radius 3 is 2.20 bits per heavy atom. The summed E-state index contributed by atoms with van der Waals surface area (Å²) in [6, 6.07) is 21.2. The van der Waals surface area contributed by atoms with Gasteiger partial charge in [0.25, 0.3) is 11.7 Å². The first-order valence-corrected chi connectivity index (χ1v) is 11.6. The zero-order chi connectivity index (χ0) is 25.3. The average molecular weight is 471 g/mol. The number of carbonyl (C=O) groups excluding carboxylic acids is 2. The molecule has 0 radical (unpaired) electrons. The minimum absolute atomic E-state index is 0.00878. The molecule has 35 heavy (non-hydrogen) atoms. The van der Waals surface area contributed by atoms with E-state index in [1.165, 1.54) is 4.90 Å². The molecule has 1 fully saturated rings. The lowest BCUT2D eigenvalue weighted by molar-refractivity contribution is -0.132. The molecular weight excluding hydrogens is 440 g/mol. The van der Waals surface area contributed by atoms with Crippen LogP contribution in [0.3, 0.4) is 0 Å². The molecule has 4 rings (SSSR count). The van der Waals surface area contributed by atoms with E-state index in [0.717, 1.165) is 16.8 Å². The van der Waals surface area contributed by atoms with Gasteiger partial charge in [0.05, 0.1) is 17.7 Å². The molecule has 1 N–H and O–H groups in total. The lowest BCUT2D eigenvalue weighted by atomic mass is 9.94. The molecule has 1 aliphatic heterocycles. The quantitative estimate of drug-likeness (QED) is 0.294. The number of ether oxygens (including phenoxy) is 1. The second-order valence-corrected chi connectivity index (χ2v) is 9.14. The van der Waals surface area contributed by atoms with Gasteiger partial charge in [0.2, 0.25) is 0 Å². The van der Waals surface area contributed by atoms with E-state index in [0.29, 0.717) is 17.0 Å². The van der Waals surface area contributed by atoms with Crippen LogP contribution in [-0.4, -0.2) is 37.0 Å². The average Bonchev–Trinajstić information content (AvgIpc) is 3.10. The maximum absolute atomic E-state index is 13.3. The Hall–Kier alpha value is -4.06. The third kappa shape index (κ3) is 4.64. The number of nitrogens with zero attached hydrogens (tertiary/aromatic N) is 2. The number of para-hydroxylation sites is 1. The molecule has 1 unspecified atom stereocenters. The monoisotopic (exact) mass is 470 g/mol. The minimum atomic E-state index is -0.763. The normalized spacial score (nSPS) is 17.2. The van der Waals surface area contributed by atoms with E-state index in [-0.39, 0.29) is 17.4 Å². The first-order valence-electron chi connectivity index (χ1n) is 11.6. The van der Waals surface area contributed by atoms with E-state index in [1.54, 1.807) is 30.3 Å². The van der Waals surface area contributed by atoms with E-state index in [1.807, 2.05) is 82.2 Å². The van der Waals surface area contributed by atoms with E-state index in [9.17, 15) is 14.7 Å². The number of hydrogen-bond acceptors (Lipinski definition) is 5. The highest BCUT2D eigenvalue weighted by Gasteiger charge is 2.46. The Kier molecular flexibility index (Phi) is 6.65. The zero-order valence-electron chi connectivity index (χ0n) is 20.6. The first kappa shape index (κ1) is 24.1. The summed E-state index contributed by atoms with van der Waals surface area (Å²) >= 11 is 0.